The van der Waals surface area contributed by atoms with Crippen LogP contribution in [-0.4, -0.2) is 25.7 Å². The molecule has 0 unspecified atom stereocenters. The molecule has 1 aliphatic heterocycles. The number of nitrogens with one attached hydrogen (secondary N) is 1. The van der Waals surface area contributed by atoms with Gasteiger partial charge in [0.15, 0.2) is 0 Å². The van der Waals surface area contributed by atoms with E-state index in [4.69, 9.17) is 4.74 Å². The van der Waals surface area contributed by atoms with E-state index in [9.17, 15) is 4.79 Å². The van der Waals surface area contributed by atoms with E-state index in [0.717, 1.165) is 38.8 Å². The number of hydrogen-bond acceptors (Lipinski definition) is 3. The first-order valence-electron chi connectivity index (χ1n) is 7.19. The summed E-state index contributed by atoms with van der Waals surface area (Å²) in [6, 6.07) is 10.4. The summed E-state index contributed by atoms with van der Waals surface area (Å²) in [6.07, 6.45) is 3.61. The smallest absolute Gasteiger partial charge is 0.312 e. The van der Waals surface area contributed by atoms with Crippen LogP contribution in [0.5, 0.6) is 0 Å². The summed E-state index contributed by atoms with van der Waals surface area (Å²) >= 11 is 0. The molecule has 4 heteroatoms. The van der Waals surface area contributed by atoms with Crippen LogP contribution in [-0.2, 0) is 16.0 Å². The van der Waals surface area contributed by atoms with Gasteiger partial charge in [0.2, 0.25) is 0 Å². The first-order valence-corrected chi connectivity index (χ1v) is 7.19. The second-order valence-corrected chi connectivity index (χ2v) is 5.24. The van der Waals surface area contributed by atoms with Crippen LogP contribution in [0.1, 0.15) is 31.7 Å². The molecule has 0 radical (unpaired) electrons. The highest BCUT2D eigenvalue weighted by atomic mass is 35.5. The van der Waals surface area contributed by atoms with E-state index in [0.29, 0.717) is 6.61 Å². The van der Waals surface area contributed by atoms with Gasteiger partial charge < -0.3 is 10.1 Å². The van der Waals surface area contributed by atoms with Gasteiger partial charge in [-0.3, -0.25) is 4.79 Å². The third-order valence-electron chi connectivity index (χ3n) is 4.00. The lowest BCUT2D eigenvalue weighted by Gasteiger charge is -2.35. The highest BCUT2D eigenvalue weighted by molar-refractivity contribution is 5.85. The van der Waals surface area contributed by atoms with Gasteiger partial charge in [-0.2, -0.15) is 0 Å². The van der Waals surface area contributed by atoms with Crippen molar-refractivity contribution in [2.24, 2.45) is 5.41 Å². The van der Waals surface area contributed by atoms with Gasteiger partial charge in [0.25, 0.3) is 0 Å². The molecule has 2 rings (SSSR count). The molecule has 20 heavy (non-hydrogen) atoms. The molecule has 1 fully saturated rings. The van der Waals surface area contributed by atoms with Gasteiger partial charge in [0.1, 0.15) is 0 Å². The molecular weight excluding hydrogens is 274 g/mol. The Labute approximate surface area is 127 Å². The zero-order chi connectivity index (χ0) is 13.6. The van der Waals surface area contributed by atoms with Crippen LogP contribution >= 0.6 is 12.4 Å². The number of carbonyl (C=O) groups is 1. The lowest BCUT2D eigenvalue weighted by Crippen LogP contribution is -2.43. The van der Waals surface area contributed by atoms with Crippen molar-refractivity contribution in [2.75, 3.05) is 19.7 Å². The predicted octanol–water partition coefficient (Wildman–Crippen LogP) is 2.97. The van der Waals surface area contributed by atoms with Crippen molar-refractivity contribution in [1.82, 2.24) is 5.32 Å². The first kappa shape index (κ1) is 17.0. The van der Waals surface area contributed by atoms with Crippen molar-refractivity contribution in [1.29, 1.82) is 0 Å². The Morgan fingerprint density at radius 1 is 1.25 bits per heavy atom. The monoisotopic (exact) mass is 297 g/mol. The second kappa shape index (κ2) is 8.28. The fourth-order valence-corrected chi connectivity index (χ4v) is 2.77. The summed E-state index contributed by atoms with van der Waals surface area (Å²) in [6.45, 7) is 4.17. The van der Waals surface area contributed by atoms with Crippen LogP contribution in [0.25, 0.3) is 0 Å². The lowest BCUT2D eigenvalue weighted by atomic mass is 9.74. The van der Waals surface area contributed by atoms with Gasteiger partial charge in [-0.05, 0) is 51.3 Å². The topological polar surface area (TPSA) is 38.3 Å². The molecule has 0 atom stereocenters. The third kappa shape index (κ3) is 4.22. The maximum Gasteiger partial charge on any atom is 0.312 e. The van der Waals surface area contributed by atoms with Crippen molar-refractivity contribution < 1.29 is 9.53 Å². The Morgan fingerprint density at radius 2 is 1.90 bits per heavy atom. The first-order chi connectivity index (χ1) is 9.27. The number of hydrogen-bond donors (Lipinski definition) is 1. The van der Waals surface area contributed by atoms with Crippen molar-refractivity contribution in [2.45, 2.75) is 32.6 Å². The molecule has 1 N–H and O–H groups in total. The quantitative estimate of drug-likeness (QED) is 0.849. The molecule has 1 saturated heterocycles. The third-order valence-corrected chi connectivity index (χ3v) is 4.00. The van der Waals surface area contributed by atoms with Gasteiger partial charge >= 0.3 is 5.97 Å². The summed E-state index contributed by atoms with van der Waals surface area (Å²) in [5.74, 6) is -0.00701. The Hall–Kier alpha value is -1.06. The van der Waals surface area contributed by atoms with Crippen molar-refractivity contribution >= 4 is 18.4 Å². The molecule has 0 amide bonds. The van der Waals surface area contributed by atoms with Crippen molar-refractivity contribution in [3.8, 4) is 0 Å². The Morgan fingerprint density at radius 3 is 2.50 bits per heavy atom. The summed E-state index contributed by atoms with van der Waals surface area (Å²) in [5, 5.41) is 3.33. The maximum atomic E-state index is 12.3. The number of halogens is 1. The van der Waals surface area contributed by atoms with E-state index in [1.54, 1.807) is 0 Å². The van der Waals surface area contributed by atoms with Crippen molar-refractivity contribution in [3.05, 3.63) is 35.9 Å². The van der Waals surface area contributed by atoms with Crippen LogP contribution in [0, 0.1) is 5.41 Å². The molecule has 1 aromatic rings. The molecule has 0 bridgehead atoms. The molecule has 1 aliphatic rings. The standard InChI is InChI=1S/C16H23NO2.ClH/c1-2-19-15(18)16(10-12-17-13-11-16)9-8-14-6-4-3-5-7-14;/h3-7,17H,2,8-13H2,1H3;1H. The maximum absolute atomic E-state index is 12.3. The largest absolute Gasteiger partial charge is 0.466 e. The fourth-order valence-electron chi connectivity index (χ4n) is 2.77. The summed E-state index contributed by atoms with van der Waals surface area (Å²) < 4.78 is 5.31. The molecule has 0 aromatic heterocycles. The zero-order valence-electron chi connectivity index (χ0n) is 12.1. The van der Waals surface area contributed by atoms with Gasteiger partial charge in [-0.15, -0.1) is 12.4 Å². The van der Waals surface area contributed by atoms with Crippen LogP contribution < -0.4 is 5.32 Å². The van der Waals surface area contributed by atoms with Crippen LogP contribution in [0.2, 0.25) is 0 Å². The molecular formula is C16H24ClNO2. The van der Waals surface area contributed by atoms with E-state index in [1.807, 2.05) is 13.0 Å². The number of esters is 1. The van der Waals surface area contributed by atoms with Crippen molar-refractivity contribution in [3.63, 3.8) is 0 Å². The number of aryl methyl sites for hydroxylation is 1. The molecule has 1 aromatic carbocycles. The average molecular weight is 298 g/mol. The van der Waals surface area contributed by atoms with E-state index in [1.165, 1.54) is 5.56 Å². The summed E-state index contributed by atoms with van der Waals surface area (Å²) in [4.78, 5) is 12.3. The summed E-state index contributed by atoms with van der Waals surface area (Å²) in [5.41, 5.74) is 1.02. The number of benzene rings is 1. The Balaban J connectivity index is 0.00000200. The SMILES string of the molecule is CCOC(=O)C1(CCc2ccccc2)CCNCC1.Cl. The average Bonchev–Trinajstić information content (AvgIpc) is 2.47. The minimum Gasteiger partial charge on any atom is -0.466 e. The van der Waals surface area contributed by atoms with Crippen LogP contribution in [0.3, 0.4) is 0 Å². The zero-order valence-corrected chi connectivity index (χ0v) is 12.9. The van der Waals surface area contributed by atoms with E-state index >= 15 is 0 Å². The van der Waals surface area contributed by atoms with E-state index < -0.39 is 0 Å². The van der Waals surface area contributed by atoms with E-state index in [-0.39, 0.29) is 23.8 Å². The highest BCUT2D eigenvalue weighted by Gasteiger charge is 2.40. The van der Waals surface area contributed by atoms with E-state index in [2.05, 4.69) is 29.6 Å². The number of rotatable bonds is 5. The molecule has 3 nitrogen and oxygen atoms in total. The molecule has 0 saturated carbocycles. The lowest BCUT2D eigenvalue weighted by molar-refractivity contribution is -0.157. The van der Waals surface area contributed by atoms with Crippen LogP contribution in [0.4, 0.5) is 0 Å². The van der Waals surface area contributed by atoms with Gasteiger partial charge in [-0.1, -0.05) is 30.3 Å². The fraction of sp³-hybridized carbons (Fsp3) is 0.562. The molecule has 0 aliphatic carbocycles. The van der Waals surface area contributed by atoms with Crippen LogP contribution in [0.15, 0.2) is 30.3 Å². The number of piperidine rings is 1. The number of ether oxygens (including phenoxy) is 1. The highest BCUT2D eigenvalue weighted by Crippen LogP contribution is 2.35. The predicted molar refractivity (Wildman–Crippen MR) is 83.2 cm³/mol. The molecule has 112 valence electrons. The number of carbonyl (C=O) groups excluding carboxylic acids is 1. The minimum atomic E-state index is -0.281. The van der Waals surface area contributed by atoms with Gasteiger partial charge in [-0.25, -0.2) is 0 Å². The Bertz CT molecular complexity index is 402. The normalized spacial score (nSPS) is 17.1. The van der Waals surface area contributed by atoms with Gasteiger partial charge in [0, 0.05) is 0 Å². The minimum absolute atomic E-state index is 0. The summed E-state index contributed by atoms with van der Waals surface area (Å²) in [7, 11) is 0. The molecule has 0 spiro atoms. The second-order valence-electron chi connectivity index (χ2n) is 5.24. The Kier molecular flexibility index (Phi) is 7.03. The van der Waals surface area contributed by atoms with Gasteiger partial charge in [0.05, 0.1) is 12.0 Å². The molecule has 1 heterocycles.